The van der Waals surface area contributed by atoms with Crippen molar-refractivity contribution in [1.82, 2.24) is 14.9 Å². The Balaban J connectivity index is 1.66. The highest BCUT2D eigenvalue weighted by Gasteiger charge is 2.14. The van der Waals surface area contributed by atoms with E-state index in [9.17, 15) is 0 Å². The summed E-state index contributed by atoms with van der Waals surface area (Å²) in [5, 5.41) is 3.47. The predicted octanol–water partition coefficient (Wildman–Crippen LogP) is 3.71. The van der Waals surface area contributed by atoms with Crippen LogP contribution in [0, 0.1) is 0 Å². The SMILES string of the molecule is CCCCCCCCc1cn(C2CCCNC2)cn1. The summed E-state index contributed by atoms with van der Waals surface area (Å²) < 4.78 is 2.32. The number of piperidine rings is 1. The molecule has 0 amide bonds. The normalized spacial score (nSPS) is 19.7. The number of hydrogen-bond acceptors (Lipinski definition) is 2. The molecule has 108 valence electrons. The molecule has 3 heteroatoms. The Bertz CT molecular complexity index is 340. The van der Waals surface area contributed by atoms with Gasteiger partial charge in [0.2, 0.25) is 0 Å². The number of rotatable bonds is 8. The van der Waals surface area contributed by atoms with Gasteiger partial charge in [-0.3, -0.25) is 0 Å². The Morgan fingerprint density at radius 3 is 2.89 bits per heavy atom. The molecule has 1 fully saturated rings. The van der Waals surface area contributed by atoms with Crippen molar-refractivity contribution < 1.29 is 0 Å². The monoisotopic (exact) mass is 263 g/mol. The average Bonchev–Trinajstić information content (AvgIpc) is 2.92. The van der Waals surface area contributed by atoms with Crippen LogP contribution in [-0.4, -0.2) is 22.6 Å². The van der Waals surface area contributed by atoms with Crippen LogP contribution < -0.4 is 5.32 Å². The van der Waals surface area contributed by atoms with Gasteiger partial charge in [0.05, 0.1) is 12.0 Å². The van der Waals surface area contributed by atoms with E-state index in [4.69, 9.17) is 0 Å². The Hall–Kier alpha value is -0.830. The fraction of sp³-hybridized carbons (Fsp3) is 0.812. The molecule has 0 aromatic carbocycles. The number of imidazole rings is 1. The van der Waals surface area contributed by atoms with E-state index >= 15 is 0 Å². The summed E-state index contributed by atoms with van der Waals surface area (Å²) in [6.45, 7) is 4.55. The van der Waals surface area contributed by atoms with Gasteiger partial charge in [0.25, 0.3) is 0 Å². The van der Waals surface area contributed by atoms with Crippen molar-refractivity contribution in [3.05, 3.63) is 18.2 Å². The zero-order chi connectivity index (χ0) is 13.3. The van der Waals surface area contributed by atoms with Gasteiger partial charge >= 0.3 is 0 Å². The average molecular weight is 263 g/mol. The fourth-order valence-corrected chi connectivity index (χ4v) is 2.88. The molecule has 1 atom stereocenters. The minimum absolute atomic E-state index is 0.625. The van der Waals surface area contributed by atoms with E-state index in [2.05, 4.69) is 28.0 Å². The Kier molecular flexibility index (Phi) is 6.42. The number of hydrogen-bond donors (Lipinski definition) is 1. The summed E-state index contributed by atoms with van der Waals surface area (Å²) in [5.41, 5.74) is 1.28. The lowest BCUT2D eigenvalue weighted by Gasteiger charge is -2.23. The summed E-state index contributed by atoms with van der Waals surface area (Å²) in [4.78, 5) is 4.56. The smallest absolute Gasteiger partial charge is 0.0952 e. The minimum Gasteiger partial charge on any atom is -0.333 e. The third kappa shape index (κ3) is 4.98. The lowest BCUT2D eigenvalue weighted by molar-refractivity contribution is 0.371. The summed E-state index contributed by atoms with van der Waals surface area (Å²) in [7, 11) is 0. The van der Waals surface area contributed by atoms with E-state index in [1.807, 2.05) is 6.33 Å². The molecule has 3 nitrogen and oxygen atoms in total. The zero-order valence-corrected chi connectivity index (χ0v) is 12.4. The van der Waals surface area contributed by atoms with Crippen LogP contribution >= 0.6 is 0 Å². The van der Waals surface area contributed by atoms with Crippen LogP contribution in [0.4, 0.5) is 0 Å². The lowest BCUT2D eigenvalue weighted by atomic mass is 10.1. The van der Waals surface area contributed by atoms with Crippen molar-refractivity contribution in [2.75, 3.05) is 13.1 Å². The largest absolute Gasteiger partial charge is 0.333 e. The summed E-state index contributed by atoms with van der Waals surface area (Å²) >= 11 is 0. The van der Waals surface area contributed by atoms with Gasteiger partial charge in [-0.25, -0.2) is 4.98 Å². The molecule has 0 bridgehead atoms. The molecule has 0 spiro atoms. The summed E-state index contributed by atoms with van der Waals surface area (Å²) in [6, 6.07) is 0.625. The van der Waals surface area contributed by atoms with E-state index in [-0.39, 0.29) is 0 Å². The summed E-state index contributed by atoms with van der Waals surface area (Å²) in [6.07, 6.45) is 16.2. The van der Waals surface area contributed by atoms with Gasteiger partial charge in [-0.1, -0.05) is 39.0 Å². The van der Waals surface area contributed by atoms with Crippen molar-refractivity contribution in [2.45, 2.75) is 70.8 Å². The molecule has 1 N–H and O–H groups in total. The molecule has 1 aromatic heterocycles. The lowest BCUT2D eigenvalue weighted by Crippen LogP contribution is -2.31. The van der Waals surface area contributed by atoms with E-state index in [0.29, 0.717) is 6.04 Å². The van der Waals surface area contributed by atoms with Crippen LogP contribution in [0.5, 0.6) is 0 Å². The second-order valence-electron chi connectivity index (χ2n) is 5.83. The van der Waals surface area contributed by atoms with Crippen LogP contribution in [0.1, 0.15) is 70.0 Å². The molecule has 0 saturated carbocycles. The first-order valence-corrected chi connectivity index (χ1v) is 8.13. The maximum absolute atomic E-state index is 4.56. The molecular weight excluding hydrogens is 234 g/mol. The first-order chi connectivity index (χ1) is 9.40. The first-order valence-electron chi connectivity index (χ1n) is 8.13. The van der Waals surface area contributed by atoms with Gasteiger partial charge in [0.1, 0.15) is 0 Å². The Morgan fingerprint density at radius 1 is 1.26 bits per heavy atom. The van der Waals surface area contributed by atoms with Crippen molar-refractivity contribution in [2.24, 2.45) is 0 Å². The van der Waals surface area contributed by atoms with Gasteiger partial charge in [0, 0.05) is 18.8 Å². The molecular formula is C16H29N3. The van der Waals surface area contributed by atoms with Gasteiger partial charge in [-0.05, 0) is 32.2 Å². The quantitative estimate of drug-likeness (QED) is 0.725. The number of aromatic nitrogens is 2. The van der Waals surface area contributed by atoms with Crippen LogP contribution in [0.3, 0.4) is 0 Å². The molecule has 0 aliphatic carbocycles. The minimum atomic E-state index is 0.625. The fourth-order valence-electron chi connectivity index (χ4n) is 2.88. The van der Waals surface area contributed by atoms with Crippen LogP contribution in [0.2, 0.25) is 0 Å². The third-order valence-electron chi connectivity index (χ3n) is 4.13. The molecule has 1 aliphatic heterocycles. The highest BCUT2D eigenvalue weighted by molar-refractivity contribution is 4.99. The van der Waals surface area contributed by atoms with Crippen LogP contribution in [0.15, 0.2) is 12.5 Å². The van der Waals surface area contributed by atoms with E-state index < -0.39 is 0 Å². The summed E-state index contributed by atoms with van der Waals surface area (Å²) in [5.74, 6) is 0. The zero-order valence-electron chi connectivity index (χ0n) is 12.4. The topological polar surface area (TPSA) is 29.9 Å². The van der Waals surface area contributed by atoms with Crippen molar-refractivity contribution in [3.63, 3.8) is 0 Å². The second kappa shape index (κ2) is 8.36. The van der Waals surface area contributed by atoms with Gasteiger partial charge in [0.15, 0.2) is 0 Å². The highest BCUT2D eigenvalue weighted by atomic mass is 15.1. The molecule has 2 rings (SSSR count). The van der Waals surface area contributed by atoms with E-state index in [0.717, 1.165) is 13.0 Å². The molecule has 1 aliphatic rings. The third-order valence-corrected chi connectivity index (χ3v) is 4.13. The standard InChI is InChI=1S/C16H29N3/c1-2-3-4-5-6-7-9-15-13-19(14-18-15)16-10-8-11-17-12-16/h13-14,16-17H,2-12H2,1H3. The molecule has 1 aromatic rings. The van der Waals surface area contributed by atoms with E-state index in [1.165, 1.54) is 63.6 Å². The Morgan fingerprint density at radius 2 is 2.11 bits per heavy atom. The van der Waals surface area contributed by atoms with Crippen molar-refractivity contribution in [3.8, 4) is 0 Å². The molecule has 19 heavy (non-hydrogen) atoms. The predicted molar refractivity (Wildman–Crippen MR) is 80.4 cm³/mol. The van der Waals surface area contributed by atoms with E-state index in [1.54, 1.807) is 0 Å². The number of unbranched alkanes of at least 4 members (excludes halogenated alkanes) is 5. The molecule has 1 unspecified atom stereocenters. The van der Waals surface area contributed by atoms with Crippen LogP contribution in [0.25, 0.3) is 0 Å². The first kappa shape index (κ1) is 14.6. The second-order valence-corrected chi connectivity index (χ2v) is 5.83. The number of aryl methyl sites for hydroxylation is 1. The maximum atomic E-state index is 4.56. The maximum Gasteiger partial charge on any atom is 0.0952 e. The highest BCUT2D eigenvalue weighted by Crippen LogP contribution is 2.17. The van der Waals surface area contributed by atoms with Crippen molar-refractivity contribution in [1.29, 1.82) is 0 Å². The van der Waals surface area contributed by atoms with Gasteiger partial charge < -0.3 is 9.88 Å². The number of nitrogens with zero attached hydrogens (tertiary/aromatic N) is 2. The Labute approximate surface area is 117 Å². The van der Waals surface area contributed by atoms with Crippen molar-refractivity contribution >= 4 is 0 Å². The molecule has 2 heterocycles. The molecule has 1 saturated heterocycles. The van der Waals surface area contributed by atoms with Crippen LogP contribution in [-0.2, 0) is 6.42 Å². The number of nitrogens with one attached hydrogen (secondary N) is 1. The van der Waals surface area contributed by atoms with Gasteiger partial charge in [-0.2, -0.15) is 0 Å². The van der Waals surface area contributed by atoms with Gasteiger partial charge in [-0.15, -0.1) is 0 Å². The molecule has 0 radical (unpaired) electrons.